The molecule has 1 atom stereocenters. The second-order valence-corrected chi connectivity index (χ2v) is 4.76. The van der Waals surface area contributed by atoms with E-state index in [0.29, 0.717) is 11.8 Å². The highest BCUT2D eigenvalue weighted by atomic mass is 16.5. The van der Waals surface area contributed by atoms with Gasteiger partial charge < -0.3 is 9.42 Å². The van der Waals surface area contributed by atoms with Crippen LogP contribution in [-0.4, -0.2) is 34.0 Å². The van der Waals surface area contributed by atoms with E-state index in [1.807, 2.05) is 4.90 Å². The summed E-state index contributed by atoms with van der Waals surface area (Å²) in [6.07, 6.45) is 5.50. The van der Waals surface area contributed by atoms with Gasteiger partial charge in [0.2, 0.25) is 12.3 Å². The normalized spacial score (nSPS) is 25.0. The first-order chi connectivity index (χ1) is 7.83. The molecule has 1 aliphatic carbocycles. The van der Waals surface area contributed by atoms with Gasteiger partial charge in [-0.2, -0.15) is 4.98 Å². The highest BCUT2D eigenvalue weighted by molar-refractivity contribution is 5.77. The average molecular weight is 221 g/mol. The summed E-state index contributed by atoms with van der Waals surface area (Å²) in [5, 5.41) is 3.84. The van der Waals surface area contributed by atoms with Crippen molar-refractivity contribution >= 4 is 5.91 Å². The van der Waals surface area contributed by atoms with E-state index in [-0.39, 0.29) is 5.92 Å². The number of hydrogen-bond acceptors (Lipinski definition) is 4. The number of nitrogens with zero attached hydrogens (tertiary/aromatic N) is 3. The molecule has 5 heteroatoms. The Hall–Kier alpha value is -1.39. The number of likely N-dealkylation sites (tertiary alicyclic amines) is 1. The average Bonchev–Trinajstić information content (AvgIpc) is 2.84. The SMILES string of the molecule is O=C(CC1CC1)N1CCC(c2ncon2)C1. The molecule has 1 saturated carbocycles. The van der Waals surface area contributed by atoms with E-state index in [9.17, 15) is 4.79 Å². The van der Waals surface area contributed by atoms with Crippen LogP contribution < -0.4 is 0 Å². The molecule has 1 aromatic rings. The van der Waals surface area contributed by atoms with Crippen LogP contribution in [0.25, 0.3) is 0 Å². The van der Waals surface area contributed by atoms with Crippen molar-refractivity contribution in [2.24, 2.45) is 5.92 Å². The van der Waals surface area contributed by atoms with Crippen LogP contribution in [0.2, 0.25) is 0 Å². The molecule has 0 N–H and O–H groups in total. The lowest BCUT2D eigenvalue weighted by Crippen LogP contribution is -2.28. The van der Waals surface area contributed by atoms with Gasteiger partial charge in [-0.05, 0) is 25.2 Å². The smallest absolute Gasteiger partial charge is 0.222 e. The first-order valence-electron chi connectivity index (χ1n) is 5.87. The van der Waals surface area contributed by atoms with E-state index in [1.54, 1.807) is 0 Å². The monoisotopic (exact) mass is 221 g/mol. The van der Waals surface area contributed by atoms with Gasteiger partial charge in [0, 0.05) is 25.4 Å². The molecule has 1 amide bonds. The Labute approximate surface area is 93.8 Å². The van der Waals surface area contributed by atoms with Gasteiger partial charge >= 0.3 is 0 Å². The summed E-state index contributed by atoms with van der Waals surface area (Å²) in [6.45, 7) is 1.59. The zero-order chi connectivity index (χ0) is 11.0. The first-order valence-corrected chi connectivity index (χ1v) is 5.87. The summed E-state index contributed by atoms with van der Waals surface area (Å²) in [5.41, 5.74) is 0. The zero-order valence-corrected chi connectivity index (χ0v) is 9.13. The third kappa shape index (κ3) is 1.94. The molecule has 1 unspecified atom stereocenters. The van der Waals surface area contributed by atoms with E-state index in [1.165, 1.54) is 19.2 Å². The molecule has 3 rings (SSSR count). The minimum atomic E-state index is 0.266. The number of amides is 1. The van der Waals surface area contributed by atoms with Crippen LogP contribution in [0.5, 0.6) is 0 Å². The lowest BCUT2D eigenvalue weighted by Gasteiger charge is -2.15. The van der Waals surface area contributed by atoms with Crippen LogP contribution in [0.1, 0.15) is 37.4 Å². The Balaban J connectivity index is 1.57. The van der Waals surface area contributed by atoms with Gasteiger partial charge in [0.05, 0.1) is 0 Å². The van der Waals surface area contributed by atoms with Gasteiger partial charge in [-0.1, -0.05) is 5.16 Å². The van der Waals surface area contributed by atoms with E-state index < -0.39 is 0 Å². The van der Waals surface area contributed by atoms with Crippen molar-refractivity contribution in [3.63, 3.8) is 0 Å². The number of carbonyl (C=O) groups is 1. The lowest BCUT2D eigenvalue weighted by molar-refractivity contribution is -0.130. The minimum absolute atomic E-state index is 0.266. The summed E-state index contributed by atoms with van der Waals surface area (Å²) in [7, 11) is 0. The summed E-state index contributed by atoms with van der Waals surface area (Å²) in [5.74, 6) is 1.97. The summed E-state index contributed by atoms with van der Waals surface area (Å²) < 4.78 is 4.73. The van der Waals surface area contributed by atoms with Crippen LogP contribution in [0.3, 0.4) is 0 Å². The zero-order valence-electron chi connectivity index (χ0n) is 9.13. The van der Waals surface area contributed by atoms with Crippen molar-refractivity contribution < 1.29 is 9.32 Å². The molecule has 2 fully saturated rings. The maximum Gasteiger partial charge on any atom is 0.222 e. The molecule has 86 valence electrons. The predicted octanol–water partition coefficient (Wildman–Crippen LogP) is 1.19. The summed E-state index contributed by atoms with van der Waals surface area (Å²) >= 11 is 0. The van der Waals surface area contributed by atoms with Crippen molar-refractivity contribution in [2.45, 2.75) is 31.6 Å². The van der Waals surface area contributed by atoms with Crippen molar-refractivity contribution in [1.82, 2.24) is 15.0 Å². The second-order valence-electron chi connectivity index (χ2n) is 4.76. The molecular formula is C11H15N3O2. The van der Waals surface area contributed by atoms with Crippen molar-refractivity contribution in [3.05, 3.63) is 12.2 Å². The van der Waals surface area contributed by atoms with Crippen LogP contribution in [0, 0.1) is 5.92 Å². The lowest BCUT2D eigenvalue weighted by atomic mass is 10.1. The van der Waals surface area contributed by atoms with Gasteiger partial charge in [-0.25, -0.2) is 0 Å². The van der Waals surface area contributed by atoms with E-state index >= 15 is 0 Å². The minimum Gasteiger partial charge on any atom is -0.343 e. The maximum atomic E-state index is 11.9. The summed E-state index contributed by atoms with van der Waals surface area (Å²) in [4.78, 5) is 17.9. The molecule has 2 heterocycles. The molecule has 0 spiro atoms. The largest absolute Gasteiger partial charge is 0.343 e. The number of carbonyl (C=O) groups excluding carboxylic acids is 1. The Morgan fingerprint density at radius 1 is 1.50 bits per heavy atom. The quantitative estimate of drug-likeness (QED) is 0.769. The Morgan fingerprint density at radius 2 is 2.38 bits per heavy atom. The van der Waals surface area contributed by atoms with Crippen molar-refractivity contribution in [3.8, 4) is 0 Å². The van der Waals surface area contributed by atoms with Gasteiger partial charge in [-0.15, -0.1) is 0 Å². The first kappa shape index (κ1) is 9.81. The van der Waals surface area contributed by atoms with Gasteiger partial charge in [-0.3, -0.25) is 4.79 Å². The molecule has 2 aliphatic rings. The predicted molar refractivity (Wildman–Crippen MR) is 55.6 cm³/mol. The molecule has 1 aromatic heterocycles. The highest BCUT2D eigenvalue weighted by Gasteiger charge is 2.32. The molecule has 1 aliphatic heterocycles. The maximum absolute atomic E-state index is 11.9. The Kier molecular flexibility index (Phi) is 2.38. The fraction of sp³-hybridized carbons (Fsp3) is 0.727. The van der Waals surface area contributed by atoms with Gasteiger partial charge in [0.1, 0.15) is 0 Å². The Bertz CT molecular complexity index is 373. The van der Waals surface area contributed by atoms with Gasteiger partial charge in [0.25, 0.3) is 0 Å². The molecule has 0 bridgehead atoms. The van der Waals surface area contributed by atoms with Crippen molar-refractivity contribution in [1.29, 1.82) is 0 Å². The standard InChI is InChI=1S/C11H15N3O2/c15-10(5-8-1-2-8)14-4-3-9(6-14)11-12-7-16-13-11/h7-9H,1-6H2. The Morgan fingerprint density at radius 3 is 3.06 bits per heavy atom. The molecular weight excluding hydrogens is 206 g/mol. The van der Waals surface area contributed by atoms with E-state index in [2.05, 4.69) is 10.1 Å². The fourth-order valence-corrected chi connectivity index (χ4v) is 2.25. The number of aromatic nitrogens is 2. The molecule has 5 nitrogen and oxygen atoms in total. The molecule has 16 heavy (non-hydrogen) atoms. The van der Waals surface area contributed by atoms with Crippen LogP contribution in [0.15, 0.2) is 10.9 Å². The second kappa shape index (κ2) is 3.88. The van der Waals surface area contributed by atoms with Gasteiger partial charge in [0.15, 0.2) is 5.82 Å². The molecule has 0 radical (unpaired) electrons. The summed E-state index contributed by atoms with van der Waals surface area (Å²) in [6, 6.07) is 0. The highest BCUT2D eigenvalue weighted by Crippen LogP contribution is 2.34. The third-order valence-electron chi connectivity index (χ3n) is 3.44. The molecule has 0 aromatic carbocycles. The fourth-order valence-electron chi connectivity index (χ4n) is 2.25. The van der Waals surface area contributed by atoms with Crippen molar-refractivity contribution in [2.75, 3.05) is 13.1 Å². The van der Waals surface area contributed by atoms with Crippen LogP contribution in [-0.2, 0) is 4.79 Å². The van der Waals surface area contributed by atoms with Crippen LogP contribution in [0.4, 0.5) is 0 Å². The topological polar surface area (TPSA) is 59.2 Å². The molecule has 1 saturated heterocycles. The number of hydrogen-bond donors (Lipinski definition) is 0. The van der Waals surface area contributed by atoms with Crippen LogP contribution >= 0.6 is 0 Å². The third-order valence-corrected chi connectivity index (χ3v) is 3.44. The van der Waals surface area contributed by atoms with E-state index in [0.717, 1.165) is 31.8 Å². The van der Waals surface area contributed by atoms with E-state index in [4.69, 9.17) is 4.52 Å². The number of rotatable bonds is 3.